The van der Waals surface area contributed by atoms with Crippen LogP contribution in [0.3, 0.4) is 0 Å². The van der Waals surface area contributed by atoms with E-state index >= 15 is 0 Å². The zero-order valence-electron chi connectivity index (χ0n) is 16.6. The van der Waals surface area contributed by atoms with Gasteiger partial charge in [0, 0.05) is 24.3 Å². The molecule has 150 valence electrons. The van der Waals surface area contributed by atoms with Crippen LogP contribution in [0.2, 0.25) is 5.02 Å². The number of halogens is 2. The molecular formula is C22H21BrClN3O2. The molecule has 2 aromatic heterocycles. The fourth-order valence-corrected chi connectivity index (χ4v) is 5.04. The summed E-state index contributed by atoms with van der Waals surface area (Å²) in [7, 11) is 1.70. The summed E-state index contributed by atoms with van der Waals surface area (Å²) in [4.78, 5) is 28.1. The third kappa shape index (κ3) is 3.15. The fraction of sp³-hybridized carbons (Fsp3) is 0.273. The maximum Gasteiger partial charge on any atom is 0.274 e. The van der Waals surface area contributed by atoms with Gasteiger partial charge in [0.1, 0.15) is 11.7 Å². The lowest BCUT2D eigenvalue weighted by Crippen LogP contribution is -2.35. The number of aromatic nitrogens is 2. The van der Waals surface area contributed by atoms with Crippen LogP contribution < -0.4 is 10.5 Å². The summed E-state index contributed by atoms with van der Waals surface area (Å²) in [6, 6.07) is 10.8. The average molecular weight is 475 g/mol. The summed E-state index contributed by atoms with van der Waals surface area (Å²) < 4.78 is 4.47. The standard InChI is InChI=1S/C22H21BrClN3O2/c1-12(2)26-18(23)10-16-20(26)19(14-5-7-15(24)8-6-14)27(21(16)28)17-9-13(3)11-25(4)22(17)29/h5-12,19H,1-4H3. The number of carbonyl (C=O) groups excluding carboxylic acids is 1. The molecule has 0 radical (unpaired) electrons. The molecule has 0 aliphatic carbocycles. The van der Waals surface area contributed by atoms with Gasteiger partial charge in [0.25, 0.3) is 11.5 Å². The van der Waals surface area contributed by atoms with E-state index in [2.05, 4.69) is 34.3 Å². The number of aryl methyl sites for hydroxylation is 2. The molecule has 0 N–H and O–H groups in total. The molecule has 0 saturated heterocycles. The van der Waals surface area contributed by atoms with E-state index in [4.69, 9.17) is 11.6 Å². The number of rotatable bonds is 3. The van der Waals surface area contributed by atoms with Crippen molar-refractivity contribution >= 4 is 39.1 Å². The Morgan fingerprint density at radius 3 is 2.38 bits per heavy atom. The van der Waals surface area contributed by atoms with Gasteiger partial charge >= 0.3 is 0 Å². The quantitative estimate of drug-likeness (QED) is 0.521. The molecule has 0 spiro atoms. The number of anilines is 1. The van der Waals surface area contributed by atoms with E-state index in [1.54, 1.807) is 24.2 Å². The van der Waals surface area contributed by atoms with Crippen LogP contribution in [-0.2, 0) is 7.05 Å². The highest BCUT2D eigenvalue weighted by Crippen LogP contribution is 2.44. The van der Waals surface area contributed by atoms with Gasteiger partial charge in [0.2, 0.25) is 0 Å². The van der Waals surface area contributed by atoms with Crippen LogP contribution in [0, 0.1) is 6.92 Å². The molecule has 1 atom stereocenters. The molecule has 4 rings (SSSR count). The maximum absolute atomic E-state index is 13.5. The van der Waals surface area contributed by atoms with Crippen molar-refractivity contribution in [2.75, 3.05) is 4.90 Å². The van der Waals surface area contributed by atoms with E-state index in [1.807, 2.05) is 37.3 Å². The van der Waals surface area contributed by atoms with Crippen molar-refractivity contribution in [1.29, 1.82) is 0 Å². The van der Waals surface area contributed by atoms with Crippen LogP contribution in [-0.4, -0.2) is 15.0 Å². The lowest BCUT2D eigenvalue weighted by molar-refractivity contribution is 0.0993. The van der Waals surface area contributed by atoms with Crippen molar-refractivity contribution in [3.63, 3.8) is 0 Å². The van der Waals surface area contributed by atoms with Crippen molar-refractivity contribution in [1.82, 2.24) is 9.13 Å². The van der Waals surface area contributed by atoms with E-state index < -0.39 is 6.04 Å². The van der Waals surface area contributed by atoms with Gasteiger partial charge in [0.05, 0.1) is 15.9 Å². The number of fused-ring (bicyclic) bond motifs is 1. The normalized spacial score (nSPS) is 16.0. The second-order valence-electron chi connectivity index (χ2n) is 7.68. The molecule has 7 heteroatoms. The molecule has 1 aliphatic heterocycles. The number of hydrogen-bond acceptors (Lipinski definition) is 2. The van der Waals surface area contributed by atoms with Crippen molar-refractivity contribution in [3.05, 3.63) is 85.0 Å². The monoisotopic (exact) mass is 473 g/mol. The number of nitrogens with zero attached hydrogens (tertiary/aromatic N) is 3. The van der Waals surface area contributed by atoms with Crippen molar-refractivity contribution in [3.8, 4) is 0 Å². The summed E-state index contributed by atoms with van der Waals surface area (Å²) in [5.41, 5.74) is 3.46. The molecule has 0 saturated carbocycles. The maximum atomic E-state index is 13.5. The Morgan fingerprint density at radius 1 is 1.10 bits per heavy atom. The van der Waals surface area contributed by atoms with Gasteiger partial charge in [-0.15, -0.1) is 0 Å². The number of hydrogen-bond donors (Lipinski definition) is 0. The highest BCUT2D eigenvalue weighted by atomic mass is 79.9. The first-order valence-corrected chi connectivity index (χ1v) is 10.5. The smallest absolute Gasteiger partial charge is 0.274 e. The molecule has 3 heterocycles. The minimum atomic E-state index is -0.419. The highest BCUT2D eigenvalue weighted by molar-refractivity contribution is 9.10. The largest absolute Gasteiger partial charge is 0.334 e. The molecule has 1 unspecified atom stereocenters. The van der Waals surface area contributed by atoms with Crippen molar-refractivity contribution in [2.24, 2.45) is 7.05 Å². The molecule has 1 aromatic carbocycles. The first-order chi connectivity index (χ1) is 13.7. The second kappa shape index (κ2) is 7.18. The van der Waals surface area contributed by atoms with Gasteiger partial charge in [0.15, 0.2) is 0 Å². The first-order valence-electron chi connectivity index (χ1n) is 9.37. The summed E-state index contributed by atoms with van der Waals surface area (Å²) in [6.45, 7) is 6.06. The van der Waals surface area contributed by atoms with Crippen LogP contribution in [0.25, 0.3) is 0 Å². The minimum absolute atomic E-state index is 0.135. The third-order valence-electron chi connectivity index (χ3n) is 5.26. The van der Waals surface area contributed by atoms with E-state index in [9.17, 15) is 9.59 Å². The Labute approximate surface area is 182 Å². The van der Waals surface area contributed by atoms with Crippen LogP contribution >= 0.6 is 27.5 Å². The zero-order chi connectivity index (χ0) is 21.0. The molecule has 3 aromatic rings. The molecule has 0 fully saturated rings. The Kier molecular flexibility index (Phi) is 4.95. The number of pyridine rings is 1. The summed E-state index contributed by atoms with van der Waals surface area (Å²) in [5.74, 6) is -0.178. The lowest BCUT2D eigenvalue weighted by Gasteiger charge is -2.28. The van der Waals surface area contributed by atoms with Gasteiger partial charge in [-0.2, -0.15) is 0 Å². The second-order valence-corrected chi connectivity index (χ2v) is 8.93. The Morgan fingerprint density at radius 2 is 1.76 bits per heavy atom. The van der Waals surface area contributed by atoms with Crippen LogP contribution in [0.1, 0.15) is 53.1 Å². The topological polar surface area (TPSA) is 47.2 Å². The Bertz CT molecular complexity index is 1180. The highest BCUT2D eigenvalue weighted by Gasteiger charge is 2.43. The van der Waals surface area contributed by atoms with Crippen LogP contribution in [0.5, 0.6) is 0 Å². The van der Waals surface area contributed by atoms with E-state index in [1.165, 1.54) is 4.57 Å². The lowest BCUT2D eigenvalue weighted by atomic mass is 10.0. The number of amides is 1. The summed E-state index contributed by atoms with van der Waals surface area (Å²) in [5, 5.41) is 0.622. The first kappa shape index (κ1) is 20.0. The van der Waals surface area contributed by atoms with Crippen molar-refractivity contribution in [2.45, 2.75) is 32.9 Å². The molecular weight excluding hydrogens is 454 g/mol. The zero-order valence-corrected chi connectivity index (χ0v) is 19.0. The number of benzene rings is 1. The molecule has 0 bridgehead atoms. The fourth-order valence-electron chi connectivity index (χ4n) is 4.08. The van der Waals surface area contributed by atoms with E-state index in [-0.39, 0.29) is 17.5 Å². The van der Waals surface area contributed by atoms with Gasteiger partial charge < -0.3 is 9.13 Å². The summed E-state index contributed by atoms with van der Waals surface area (Å²) >= 11 is 9.71. The summed E-state index contributed by atoms with van der Waals surface area (Å²) in [6.07, 6.45) is 1.77. The number of carbonyl (C=O) groups is 1. The van der Waals surface area contributed by atoms with Crippen LogP contribution in [0.15, 0.2) is 52.0 Å². The third-order valence-corrected chi connectivity index (χ3v) is 6.12. The van der Waals surface area contributed by atoms with E-state index in [0.717, 1.165) is 21.4 Å². The van der Waals surface area contributed by atoms with E-state index in [0.29, 0.717) is 16.3 Å². The molecule has 1 aliphatic rings. The van der Waals surface area contributed by atoms with Gasteiger partial charge in [-0.1, -0.05) is 23.7 Å². The predicted molar refractivity (Wildman–Crippen MR) is 119 cm³/mol. The van der Waals surface area contributed by atoms with Gasteiger partial charge in [-0.25, -0.2) is 0 Å². The van der Waals surface area contributed by atoms with Crippen LogP contribution in [0.4, 0.5) is 5.69 Å². The predicted octanol–water partition coefficient (Wildman–Crippen LogP) is 5.24. The Balaban J connectivity index is 2.02. The van der Waals surface area contributed by atoms with Crippen molar-refractivity contribution < 1.29 is 4.79 Å². The van der Waals surface area contributed by atoms with Gasteiger partial charge in [-0.3, -0.25) is 14.5 Å². The molecule has 29 heavy (non-hydrogen) atoms. The Hall–Kier alpha value is -2.31. The van der Waals surface area contributed by atoms with Gasteiger partial charge in [-0.05, 0) is 72.1 Å². The molecule has 5 nitrogen and oxygen atoms in total. The minimum Gasteiger partial charge on any atom is -0.334 e. The SMILES string of the molecule is Cc1cc(N2C(=O)c3cc(Br)n(C(C)C)c3C2c2ccc(Cl)cc2)c(=O)n(C)c1. The molecule has 1 amide bonds. The average Bonchev–Trinajstić information content (AvgIpc) is 3.12.